The number of ether oxygens (including phenoxy) is 1. The fourth-order valence-electron chi connectivity index (χ4n) is 3.00. The minimum atomic E-state index is -0.231. The minimum Gasteiger partial charge on any atom is -0.484 e. The number of nitrogens with zero attached hydrogens (tertiary/aromatic N) is 1. The Bertz CT molecular complexity index is 1170. The van der Waals surface area contributed by atoms with Gasteiger partial charge in [-0.05, 0) is 61.1 Å². The van der Waals surface area contributed by atoms with Crippen molar-refractivity contribution in [2.24, 2.45) is 0 Å². The topological polar surface area (TPSA) is 54.7 Å². The molecule has 0 atom stereocenters. The van der Waals surface area contributed by atoms with Gasteiger partial charge in [0.2, 0.25) is 0 Å². The van der Waals surface area contributed by atoms with E-state index in [1.807, 2.05) is 37.3 Å². The van der Waals surface area contributed by atoms with Crippen molar-refractivity contribution in [1.82, 2.24) is 5.32 Å². The maximum absolute atomic E-state index is 12.9. The highest BCUT2D eigenvalue weighted by Crippen LogP contribution is 2.29. The van der Waals surface area contributed by atoms with E-state index in [2.05, 4.69) is 21.2 Å². The van der Waals surface area contributed by atoms with Crippen molar-refractivity contribution in [3.8, 4) is 5.75 Å². The van der Waals surface area contributed by atoms with E-state index in [0.29, 0.717) is 33.1 Å². The second kappa shape index (κ2) is 8.63. The first kappa shape index (κ1) is 20.7. The summed E-state index contributed by atoms with van der Waals surface area (Å²) in [4.78, 5) is 14.4. The predicted molar refractivity (Wildman–Crippen MR) is 125 cm³/mol. The van der Waals surface area contributed by atoms with Crippen LogP contribution in [0.2, 0.25) is 5.02 Å². The molecule has 1 aromatic heterocycles. The highest BCUT2D eigenvalue weighted by Gasteiger charge is 2.32. The largest absolute Gasteiger partial charge is 0.484 e. The molecule has 0 bridgehead atoms. The lowest BCUT2D eigenvalue weighted by Crippen LogP contribution is -2.30. The van der Waals surface area contributed by atoms with E-state index in [1.165, 1.54) is 4.90 Å². The smallest absolute Gasteiger partial charge is 0.281 e. The standard InChI is InChI=1S/C22H16BrClN2O3S/c1-13-4-2-3-5-19(13)26-21(27)18(25-22(26)30)11-15-7-8-16(29-15)12-28-20-9-6-14(23)10-17(20)24/h2-11H,12H2,1H3,(H,25,30)/b18-11+. The van der Waals surface area contributed by atoms with E-state index in [4.69, 9.17) is 33.0 Å². The van der Waals surface area contributed by atoms with Gasteiger partial charge in [-0.2, -0.15) is 0 Å². The summed E-state index contributed by atoms with van der Waals surface area (Å²) in [5.41, 5.74) is 2.06. The number of benzene rings is 2. The van der Waals surface area contributed by atoms with E-state index in [9.17, 15) is 4.79 Å². The van der Waals surface area contributed by atoms with E-state index in [1.54, 1.807) is 30.3 Å². The number of anilines is 1. The minimum absolute atomic E-state index is 0.208. The van der Waals surface area contributed by atoms with Crippen molar-refractivity contribution >= 4 is 62.5 Å². The van der Waals surface area contributed by atoms with Crippen molar-refractivity contribution in [3.63, 3.8) is 0 Å². The summed E-state index contributed by atoms with van der Waals surface area (Å²) < 4.78 is 12.4. The number of aryl methyl sites for hydroxylation is 1. The van der Waals surface area contributed by atoms with Gasteiger partial charge < -0.3 is 14.5 Å². The lowest BCUT2D eigenvalue weighted by molar-refractivity contribution is -0.113. The van der Waals surface area contributed by atoms with Crippen LogP contribution in [-0.2, 0) is 11.4 Å². The Kier molecular flexibility index (Phi) is 5.94. The maximum Gasteiger partial charge on any atom is 0.281 e. The first-order chi connectivity index (χ1) is 14.4. The Labute approximate surface area is 192 Å². The fraction of sp³-hybridized carbons (Fsp3) is 0.0909. The first-order valence-corrected chi connectivity index (χ1v) is 10.6. The summed E-state index contributed by atoms with van der Waals surface area (Å²) in [7, 11) is 0. The number of hydrogen-bond donors (Lipinski definition) is 1. The summed E-state index contributed by atoms with van der Waals surface area (Å²) in [5, 5.41) is 3.80. The summed E-state index contributed by atoms with van der Waals surface area (Å²) in [5.74, 6) is 1.44. The number of hydrogen-bond acceptors (Lipinski definition) is 4. The van der Waals surface area contributed by atoms with Gasteiger partial charge in [0.25, 0.3) is 5.91 Å². The molecule has 1 saturated heterocycles. The van der Waals surface area contributed by atoms with Crippen LogP contribution >= 0.6 is 39.7 Å². The fourth-order valence-corrected chi connectivity index (χ4v) is 4.02. The predicted octanol–water partition coefficient (Wildman–Crippen LogP) is 5.85. The third kappa shape index (κ3) is 4.28. The van der Waals surface area contributed by atoms with Crippen LogP contribution in [0.1, 0.15) is 17.1 Å². The molecule has 4 rings (SSSR count). The number of amides is 1. The van der Waals surface area contributed by atoms with E-state index in [-0.39, 0.29) is 12.5 Å². The molecule has 8 heteroatoms. The van der Waals surface area contributed by atoms with Crippen molar-refractivity contribution in [2.75, 3.05) is 4.90 Å². The number of para-hydroxylation sites is 1. The number of furan rings is 1. The highest BCUT2D eigenvalue weighted by atomic mass is 79.9. The average Bonchev–Trinajstić information content (AvgIpc) is 3.26. The van der Waals surface area contributed by atoms with E-state index >= 15 is 0 Å². The number of halogens is 2. The second-order valence-corrected chi connectivity index (χ2v) is 8.29. The Morgan fingerprint density at radius 2 is 2.03 bits per heavy atom. The molecule has 1 fully saturated rings. The van der Waals surface area contributed by atoms with Gasteiger partial charge in [0.1, 0.15) is 29.6 Å². The lowest BCUT2D eigenvalue weighted by Gasteiger charge is -2.16. The maximum atomic E-state index is 12.9. The molecule has 0 radical (unpaired) electrons. The van der Waals surface area contributed by atoms with Gasteiger partial charge in [0, 0.05) is 10.5 Å². The molecular weight excluding hydrogens is 488 g/mol. The number of thiocarbonyl (C=S) groups is 1. The molecule has 0 saturated carbocycles. The van der Waals surface area contributed by atoms with Crippen LogP contribution in [-0.4, -0.2) is 11.0 Å². The molecule has 1 amide bonds. The molecule has 1 aliphatic heterocycles. The zero-order chi connectivity index (χ0) is 21.3. The third-order valence-electron chi connectivity index (χ3n) is 4.47. The quantitative estimate of drug-likeness (QED) is 0.350. The van der Waals surface area contributed by atoms with E-state index < -0.39 is 0 Å². The Hall–Kier alpha value is -2.61. The van der Waals surface area contributed by atoms with Gasteiger partial charge in [0.05, 0.1) is 10.7 Å². The summed E-state index contributed by atoms with van der Waals surface area (Å²) >= 11 is 14.9. The van der Waals surface area contributed by atoms with Crippen LogP contribution in [0.3, 0.4) is 0 Å². The molecule has 1 aliphatic rings. The zero-order valence-electron chi connectivity index (χ0n) is 15.8. The normalized spacial score (nSPS) is 15.0. The van der Waals surface area contributed by atoms with Gasteiger partial charge in [-0.25, -0.2) is 0 Å². The molecular formula is C22H16BrClN2O3S. The number of nitrogens with one attached hydrogen (secondary N) is 1. The van der Waals surface area contributed by atoms with Crippen LogP contribution < -0.4 is 15.0 Å². The van der Waals surface area contributed by atoms with Crippen molar-refractivity contribution < 1.29 is 13.9 Å². The Balaban J connectivity index is 1.48. The number of carbonyl (C=O) groups excluding carboxylic acids is 1. The molecule has 152 valence electrons. The zero-order valence-corrected chi connectivity index (χ0v) is 19.0. The molecule has 3 aromatic rings. The van der Waals surface area contributed by atoms with Crippen molar-refractivity contribution in [1.29, 1.82) is 0 Å². The van der Waals surface area contributed by atoms with Crippen LogP contribution in [0.15, 0.2) is 69.2 Å². The monoisotopic (exact) mass is 502 g/mol. The summed E-state index contributed by atoms with van der Waals surface area (Å²) in [6.07, 6.45) is 1.63. The van der Waals surface area contributed by atoms with Gasteiger partial charge in [0.15, 0.2) is 5.11 Å². The van der Waals surface area contributed by atoms with E-state index in [0.717, 1.165) is 15.7 Å². The molecule has 2 aromatic carbocycles. The molecule has 5 nitrogen and oxygen atoms in total. The first-order valence-electron chi connectivity index (χ1n) is 9.02. The molecule has 1 N–H and O–H groups in total. The van der Waals surface area contributed by atoms with Gasteiger partial charge in [-0.15, -0.1) is 0 Å². The van der Waals surface area contributed by atoms with Gasteiger partial charge in [-0.3, -0.25) is 9.69 Å². The van der Waals surface area contributed by atoms with Crippen LogP contribution in [0.25, 0.3) is 6.08 Å². The van der Waals surface area contributed by atoms with Crippen molar-refractivity contribution in [3.05, 3.63) is 86.9 Å². The van der Waals surface area contributed by atoms with Crippen LogP contribution in [0.5, 0.6) is 5.75 Å². The molecule has 30 heavy (non-hydrogen) atoms. The molecule has 0 unspecified atom stereocenters. The summed E-state index contributed by atoms with van der Waals surface area (Å²) in [6.45, 7) is 2.14. The number of carbonyl (C=O) groups is 1. The Morgan fingerprint density at radius 3 is 2.80 bits per heavy atom. The SMILES string of the molecule is Cc1ccccc1N1C(=O)/C(=C\c2ccc(COc3ccc(Br)cc3Cl)o2)NC1=S. The second-order valence-electron chi connectivity index (χ2n) is 6.58. The van der Waals surface area contributed by atoms with Gasteiger partial charge >= 0.3 is 0 Å². The van der Waals surface area contributed by atoms with Crippen LogP contribution in [0, 0.1) is 6.92 Å². The highest BCUT2D eigenvalue weighted by molar-refractivity contribution is 9.10. The molecule has 0 aliphatic carbocycles. The third-order valence-corrected chi connectivity index (χ3v) is 5.54. The number of rotatable bonds is 5. The lowest BCUT2D eigenvalue weighted by atomic mass is 10.2. The molecule has 0 spiro atoms. The summed E-state index contributed by atoms with van der Waals surface area (Å²) in [6, 6.07) is 16.5. The van der Waals surface area contributed by atoms with Gasteiger partial charge in [-0.1, -0.05) is 45.7 Å². The average molecular weight is 504 g/mol. The van der Waals surface area contributed by atoms with Crippen molar-refractivity contribution in [2.45, 2.75) is 13.5 Å². The molecule has 2 heterocycles. The Morgan fingerprint density at radius 1 is 1.23 bits per heavy atom. The van der Waals surface area contributed by atoms with Crippen LogP contribution in [0.4, 0.5) is 5.69 Å².